The lowest BCUT2D eigenvalue weighted by Crippen LogP contribution is -2.67. The molecule has 1 N–H and O–H groups in total. The van der Waals surface area contributed by atoms with E-state index < -0.39 is 0 Å². The van der Waals surface area contributed by atoms with Crippen LogP contribution in [-0.4, -0.2) is 12.5 Å². The van der Waals surface area contributed by atoms with Crippen LogP contribution in [0.1, 0.15) is 13.8 Å². The van der Waals surface area contributed by atoms with E-state index in [-0.39, 0.29) is 0 Å². The normalized spacial score (nSPS) is 14.0. The largest absolute Gasteiger partial charge is 0.389 e. The van der Waals surface area contributed by atoms with Crippen molar-refractivity contribution in [2.75, 3.05) is 6.26 Å². The molecule has 0 heterocycles. The number of hydrogen-bond acceptors (Lipinski definition) is 2. The maximum atomic E-state index is 5.47. The van der Waals surface area contributed by atoms with Gasteiger partial charge in [-0.2, -0.15) is 4.99 Å². The summed E-state index contributed by atoms with van der Waals surface area (Å²) in [5.74, 6) is 0.533. The van der Waals surface area contributed by atoms with Crippen LogP contribution >= 0.6 is 23.6 Å². The molecule has 0 bridgehead atoms. The Hall–Kier alpha value is -0.410. The Morgan fingerprint density at radius 3 is 2.67 bits per heavy atom. The molecule has 0 fully saturated rings. The number of hydrogen-bond donors (Lipinski definition) is 1. The molecule has 0 saturated heterocycles. The third-order valence-electron chi connectivity index (χ3n) is 1.17. The zero-order valence-electron chi connectivity index (χ0n) is 7.43. The highest BCUT2D eigenvalue weighted by atomic mass is 35.5. The van der Waals surface area contributed by atoms with E-state index in [2.05, 4.69) is 4.99 Å². The van der Waals surface area contributed by atoms with Crippen LogP contribution in [0.25, 0.3) is 0 Å². The molecule has 0 aromatic heterocycles. The van der Waals surface area contributed by atoms with E-state index in [0.717, 1.165) is 5.57 Å². The van der Waals surface area contributed by atoms with Crippen LogP contribution in [0.4, 0.5) is 0 Å². The highest BCUT2D eigenvalue weighted by Gasteiger charge is 1.98. The summed E-state index contributed by atoms with van der Waals surface area (Å²) in [4.78, 5) is 2.91. The summed E-state index contributed by atoms with van der Waals surface area (Å²) in [6.45, 7) is 3.95. The molecule has 0 spiro atoms. The van der Waals surface area contributed by atoms with Crippen LogP contribution in [0, 0.1) is 0 Å². The van der Waals surface area contributed by atoms with Crippen molar-refractivity contribution >= 4 is 29.9 Å². The van der Waals surface area contributed by atoms with Gasteiger partial charge in [-0.05, 0) is 13.8 Å². The first kappa shape index (κ1) is 11.6. The van der Waals surface area contributed by atoms with Crippen LogP contribution in [0.2, 0.25) is 0 Å². The highest BCUT2D eigenvalue weighted by molar-refractivity contribution is 7.94. The van der Waals surface area contributed by atoms with Gasteiger partial charge in [-0.3, -0.25) is 0 Å². The molecule has 0 aliphatic heterocycles. The van der Waals surface area contributed by atoms with E-state index in [0.29, 0.717) is 5.88 Å². The fraction of sp³-hybridized carbons (Fsp3) is 0.375. The predicted molar refractivity (Wildman–Crippen MR) is 55.0 cm³/mol. The Morgan fingerprint density at radius 2 is 2.25 bits per heavy atom. The summed E-state index contributed by atoms with van der Waals surface area (Å²) >= 11 is 6.71. The first-order chi connectivity index (χ1) is 5.74. The van der Waals surface area contributed by atoms with Crippen molar-refractivity contribution in [2.24, 2.45) is 0 Å². The Bertz CT molecular complexity index is 211. The second-order valence-corrected chi connectivity index (χ2v) is 2.76. The smallest absolute Gasteiger partial charge is 0.370 e. The van der Waals surface area contributed by atoms with Gasteiger partial charge in [-0.25, -0.2) is 0 Å². The minimum absolute atomic E-state index is 0.533. The maximum absolute atomic E-state index is 5.47. The first-order valence-corrected chi connectivity index (χ1v) is 5.07. The molecule has 2 nitrogen and oxygen atoms in total. The zero-order chi connectivity index (χ0) is 9.40. The van der Waals surface area contributed by atoms with Crippen LogP contribution in [0.5, 0.6) is 0 Å². The SMILES string of the molecule is C\C=C(C)/C=[NH+]\C(=C\Cl)OSC. The van der Waals surface area contributed by atoms with Crippen molar-refractivity contribution in [3.8, 4) is 0 Å². The summed E-state index contributed by atoms with van der Waals surface area (Å²) in [7, 11) is 0. The van der Waals surface area contributed by atoms with Gasteiger partial charge in [0.1, 0.15) is 5.54 Å². The second-order valence-electron chi connectivity index (χ2n) is 2.04. The van der Waals surface area contributed by atoms with Crippen molar-refractivity contribution in [1.29, 1.82) is 0 Å². The third kappa shape index (κ3) is 5.27. The number of allylic oxidation sites excluding steroid dienone is 2. The molecule has 0 aliphatic rings. The molecule has 0 rings (SSSR count). The van der Waals surface area contributed by atoms with Crippen LogP contribution < -0.4 is 4.99 Å². The van der Waals surface area contributed by atoms with Crippen molar-refractivity contribution in [3.05, 3.63) is 23.1 Å². The summed E-state index contributed by atoms with van der Waals surface area (Å²) in [6.07, 6.45) is 5.63. The van der Waals surface area contributed by atoms with Crippen molar-refractivity contribution < 1.29 is 9.18 Å². The third-order valence-corrected chi connectivity index (χ3v) is 1.71. The monoisotopic (exact) mass is 206 g/mol. The van der Waals surface area contributed by atoms with Gasteiger partial charge in [0, 0.05) is 11.8 Å². The molecule has 12 heavy (non-hydrogen) atoms. The molecule has 68 valence electrons. The van der Waals surface area contributed by atoms with Gasteiger partial charge >= 0.3 is 5.88 Å². The number of nitrogens with one attached hydrogen (secondary N) is 1. The van der Waals surface area contributed by atoms with Crippen molar-refractivity contribution in [3.63, 3.8) is 0 Å². The second kappa shape index (κ2) is 7.25. The van der Waals surface area contributed by atoms with Crippen molar-refractivity contribution in [1.82, 2.24) is 0 Å². The Morgan fingerprint density at radius 1 is 1.58 bits per heavy atom. The average molecular weight is 207 g/mol. The molecule has 0 atom stereocenters. The quantitative estimate of drug-likeness (QED) is 0.428. The van der Waals surface area contributed by atoms with Gasteiger partial charge in [0.25, 0.3) is 0 Å². The maximum Gasteiger partial charge on any atom is 0.389 e. The van der Waals surface area contributed by atoms with E-state index >= 15 is 0 Å². The molecule has 0 aliphatic carbocycles. The van der Waals surface area contributed by atoms with Gasteiger partial charge in [0.05, 0.1) is 12.0 Å². The van der Waals surface area contributed by atoms with Crippen LogP contribution in [-0.2, 0) is 4.18 Å². The molecular weight excluding hydrogens is 194 g/mol. The summed E-state index contributed by atoms with van der Waals surface area (Å²) in [5.41, 5.74) is 2.48. The average Bonchev–Trinajstić information content (AvgIpc) is 2.11. The number of halogens is 1. The highest BCUT2D eigenvalue weighted by Crippen LogP contribution is 1.99. The van der Waals surface area contributed by atoms with E-state index in [9.17, 15) is 0 Å². The van der Waals surface area contributed by atoms with E-state index in [1.165, 1.54) is 17.6 Å². The molecule has 0 amide bonds. The molecule has 0 aromatic carbocycles. The molecule has 0 saturated carbocycles. The molecule has 0 unspecified atom stereocenters. The number of rotatable bonds is 4. The lowest BCUT2D eigenvalue weighted by Gasteiger charge is -1.91. The molecule has 4 heteroatoms. The van der Waals surface area contributed by atoms with E-state index in [1.807, 2.05) is 32.4 Å². The Balaban J connectivity index is 4.12. The van der Waals surface area contributed by atoms with Crippen molar-refractivity contribution in [2.45, 2.75) is 13.8 Å². The van der Waals surface area contributed by atoms with Gasteiger partial charge in [-0.15, -0.1) is 0 Å². The first-order valence-electron chi connectivity index (χ1n) is 3.48. The lowest BCUT2D eigenvalue weighted by atomic mass is 10.3. The lowest BCUT2D eigenvalue weighted by molar-refractivity contribution is -0.422. The molecule has 0 radical (unpaired) electrons. The summed E-state index contributed by atoms with van der Waals surface area (Å²) < 4.78 is 5.06. The summed E-state index contributed by atoms with van der Waals surface area (Å²) in [5, 5.41) is 0. The van der Waals surface area contributed by atoms with Gasteiger partial charge < -0.3 is 4.18 Å². The topological polar surface area (TPSA) is 23.2 Å². The Kier molecular flexibility index (Phi) is 7.00. The van der Waals surface area contributed by atoms with Gasteiger partial charge in [0.15, 0.2) is 6.21 Å². The van der Waals surface area contributed by atoms with Gasteiger partial charge in [0.2, 0.25) is 0 Å². The zero-order valence-corrected chi connectivity index (χ0v) is 9.00. The fourth-order valence-electron chi connectivity index (χ4n) is 0.432. The van der Waals surface area contributed by atoms with Gasteiger partial charge in [-0.1, -0.05) is 17.7 Å². The predicted octanol–water partition coefficient (Wildman–Crippen LogP) is 1.44. The van der Waals surface area contributed by atoms with Crippen LogP contribution in [0.3, 0.4) is 0 Å². The molecule has 0 aromatic rings. The molecular formula is C8H13ClNOS+. The fourth-order valence-corrected chi connectivity index (χ4v) is 0.868. The Labute approximate surface area is 82.6 Å². The van der Waals surface area contributed by atoms with E-state index in [4.69, 9.17) is 15.8 Å². The van der Waals surface area contributed by atoms with Crippen LogP contribution in [0.15, 0.2) is 23.1 Å². The standard InChI is InChI=1S/C8H12ClNOS/c1-4-7(2)6-10-8(5-9)11-12-3/h4-6H,1-3H3/p+1/b7-4-,8-5-,10-6-. The summed E-state index contributed by atoms with van der Waals surface area (Å²) in [6, 6.07) is 0. The minimum Gasteiger partial charge on any atom is -0.370 e. The minimum atomic E-state index is 0.533. The van der Waals surface area contributed by atoms with E-state index in [1.54, 1.807) is 0 Å².